The van der Waals surface area contributed by atoms with Gasteiger partial charge in [0.15, 0.2) is 0 Å². The van der Waals surface area contributed by atoms with E-state index in [1.54, 1.807) is 14.2 Å². The van der Waals surface area contributed by atoms with Crippen LogP contribution in [-0.4, -0.2) is 40.6 Å². The summed E-state index contributed by atoms with van der Waals surface area (Å²) in [6, 6.07) is 5.60. The van der Waals surface area contributed by atoms with Gasteiger partial charge >= 0.3 is 0 Å². The first kappa shape index (κ1) is 15.3. The number of rotatable bonds is 9. The molecular weight excluding hydrogens is 300 g/mol. The maximum Gasteiger partial charge on any atom is 0.133 e. The molecule has 5 heteroatoms. The first-order valence-electron chi connectivity index (χ1n) is 5.81. The van der Waals surface area contributed by atoms with Crippen molar-refractivity contribution in [3.05, 3.63) is 22.7 Å². The lowest BCUT2D eigenvalue weighted by Crippen LogP contribution is -2.08. The Morgan fingerprint density at radius 1 is 1.06 bits per heavy atom. The minimum atomic E-state index is 0.526. The van der Waals surface area contributed by atoms with Crippen LogP contribution in [0, 0.1) is 0 Å². The van der Waals surface area contributed by atoms with Crippen molar-refractivity contribution >= 4 is 15.9 Å². The van der Waals surface area contributed by atoms with E-state index < -0.39 is 0 Å². The highest BCUT2D eigenvalue weighted by Crippen LogP contribution is 2.28. The number of ether oxygens (including phenoxy) is 4. The third-order valence-corrected chi connectivity index (χ3v) is 2.88. The molecule has 0 atom stereocenters. The number of hydrogen-bond donors (Lipinski definition) is 0. The van der Waals surface area contributed by atoms with Crippen LogP contribution in [0.15, 0.2) is 22.7 Å². The van der Waals surface area contributed by atoms with Crippen molar-refractivity contribution in [1.82, 2.24) is 0 Å². The van der Waals surface area contributed by atoms with E-state index in [0.717, 1.165) is 29.0 Å². The van der Waals surface area contributed by atoms with Crippen LogP contribution in [0.25, 0.3) is 0 Å². The first-order valence-corrected chi connectivity index (χ1v) is 6.60. The van der Waals surface area contributed by atoms with Gasteiger partial charge in [0.2, 0.25) is 0 Å². The smallest absolute Gasteiger partial charge is 0.133 e. The van der Waals surface area contributed by atoms with E-state index in [9.17, 15) is 0 Å². The highest BCUT2D eigenvalue weighted by molar-refractivity contribution is 9.10. The van der Waals surface area contributed by atoms with Gasteiger partial charge in [-0.1, -0.05) is 0 Å². The van der Waals surface area contributed by atoms with Crippen LogP contribution in [0.5, 0.6) is 11.5 Å². The molecular formula is C13H19BrO4. The van der Waals surface area contributed by atoms with Crippen molar-refractivity contribution in [2.45, 2.75) is 6.42 Å². The second-order valence-electron chi connectivity index (χ2n) is 3.60. The molecule has 0 amide bonds. The van der Waals surface area contributed by atoms with Crippen LogP contribution in [0.3, 0.4) is 0 Å². The van der Waals surface area contributed by atoms with E-state index in [1.807, 2.05) is 18.2 Å². The van der Waals surface area contributed by atoms with Crippen LogP contribution in [-0.2, 0) is 9.47 Å². The van der Waals surface area contributed by atoms with Crippen molar-refractivity contribution in [2.24, 2.45) is 0 Å². The zero-order valence-corrected chi connectivity index (χ0v) is 12.4. The SMILES string of the molecule is COCCCOCCOc1ccc(OC)cc1Br. The third-order valence-electron chi connectivity index (χ3n) is 2.26. The topological polar surface area (TPSA) is 36.9 Å². The second kappa shape index (κ2) is 9.19. The first-order chi connectivity index (χ1) is 8.77. The van der Waals surface area contributed by atoms with Gasteiger partial charge in [-0.3, -0.25) is 0 Å². The predicted octanol–water partition coefficient (Wildman–Crippen LogP) is 2.89. The summed E-state index contributed by atoms with van der Waals surface area (Å²) in [5.41, 5.74) is 0. The maximum atomic E-state index is 5.58. The van der Waals surface area contributed by atoms with Crippen molar-refractivity contribution in [2.75, 3.05) is 40.6 Å². The minimum absolute atomic E-state index is 0.526. The molecule has 0 fully saturated rings. The van der Waals surface area contributed by atoms with Gasteiger partial charge in [0.05, 0.1) is 18.2 Å². The van der Waals surface area contributed by atoms with Crippen LogP contribution >= 0.6 is 15.9 Å². The number of methoxy groups -OCH3 is 2. The lowest BCUT2D eigenvalue weighted by atomic mass is 10.3. The third kappa shape index (κ3) is 5.71. The van der Waals surface area contributed by atoms with Gasteiger partial charge < -0.3 is 18.9 Å². The van der Waals surface area contributed by atoms with Crippen molar-refractivity contribution in [3.8, 4) is 11.5 Å². The fourth-order valence-electron chi connectivity index (χ4n) is 1.34. The molecule has 0 saturated carbocycles. The van der Waals surface area contributed by atoms with E-state index in [2.05, 4.69) is 15.9 Å². The van der Waals surface area contributed by atoms with Gasteiger partial charge in [-0.25, -0.2) is 0 Å². The average molecular weight is 319 g/mol. The Labute approximate surface area is 116 Å². The molecule has 0 aliphatic heterocycles. The Morgan fingerprint density at radius 2 is 1.89 bits per heavy atom. The molecule has 4 nitrogen and oxygen atoms in total. The van der Waals surface area contributed by atoms with Gasteiger partial charge in [-0.2, -0.15) is 0 Å². The summed E-state index contributed by atoms with van der Waals surface area (Å²) in [6.07, 6.45) is 0.905. The fourth-order valence-corrected chi connectivity index (χ4v) is 1.82. The molecule has 1 aromatic carbocycles. The number of benzene rings is 1. The molecule has 18 heavy (non-hydrogen) atoms. The van der Waals surface area contributed by atoms with Crippen LogP contribution in [0.4, 0.5) is 0 Å². The monoisotopic (exact) mass is 318 g/mol. The summed E-state index contributed by atoms with van der Waals surface area (Å²) in [7, 11) is 3.32. The molecule has 0 spiro atoms. The highest BCUT2D eigenvalue weighted by Gasteiger charge is 2.02. The quantitative estimate of drug-likeness (QED) is 0.656. The van der Waals surface area contributed by atoms with Crippen molar-refractivity contribution < 1.29 is 18.9 Å². The van der Waals surface area contributed by atoms with E-state index in [0.29, 0.717) is 19.8 Å². The Morgan fingerprint density at radius 3 is 2.56 bits per heavy atom. The van der Waals surface area contributed by atoms with Crippen LogP contribution in [0.2, 0.25) is 0 Å². The Hall–Kier alpha value is -0.780. The summed E-state index contributed by atoms with van der Waals surface area (Å²) in [4.78, 5) is 0. The molecule has 0 bridgehead atoms. The largest absolute Gasteiger partial charge is 0.497 e. The predicted molar refractivity (Wildman–Crippen MR) is 73.5 cm³/mol. The van der Waals surface area contributed by atoms with E-state index in [1.165, 1.54) is 0 Å². The summed E-state index contributed by atoms with van der Waals surface area (Å²) < 4.78 is 21.9. The molecule has 1 rings (SSSR count). The Bertz CT molecular complexity index is 344. The molecule has 0 radical (unpaired) electrons. The summed E-state index contributed by atoms with van der Waals surface area (Å²) >= 11 is 3.43. The zero-order valence-electron chi connectivity index (χ0n) is 10.8. The van der Waals surface area contributed by atoms with Crippen LogP contribution in [0.1, 0.15) is 6.42 Å². The molecule has 0 saturated heterocycles. The maximum absolute atomic E-state index is 5.58. The lowest BCUT2D eigenvalue weighted by Gasteiger charge is -2.09. The van der Waals surface area contributed by atoms with Gasteiger partial charge in [0.25, 0.3) is 0 Å². The molecule has 1 aromatic rings. The van der Waals surface area contributed by atoms with Crippen LogP contribution < -0.4 is 9.47 Å². The molecule has 102 valence electrons. The minimum Gasteiger partial charge on any atom is -0.497 e. The normalized spacial score (nSPS) is 10.4. The second-order valence-corrected chi connectivity index (χ2v) is 4.46. The Kier molecular flexibility index (Phi) is 7.80. The zero-order chi connectivity index (χ0) is 13.2. The summed E-state index contributed by atoms with van der Waals surface area (Å²) in [5, 5.41) is 0. The highest BCUT2D eigenvalue weighted by atomic mass is 79.9. The van der Waals surface area contributed by atoms with E-state index in [4.69, 9.17) is 18.9 Å². The molecule has 0 heterocycles. The summed E-state index contributed by atoms with van der Waals surface area (Å²) in [5.74, 6) is 1.58. The molecule has 0 N–H and O–H groups in total. The van der Waals surface area contributed by atoms with E-state index >= 15 is 0 Å². The van der Waals surface area contributed by atoms with Crippen molar-refractivity contribution in [3.63, 3.8) is 0 Å². The van der Waals surface area contributed by atoms with Crippen molar-refractivity contribution in [1.29, 1.82) is 0 Å². The standard InChI is InChI=1S/C13H19BrO4/c1-15-6-3-7-17-8-9-18-13-5-4-11(16-2)10-12(13)14/h4-5,10H,3,6-9H2,1-2H3. The van der Waals surface area contributed by atoms with E-state index in [-0.39, 0.29) is 0 Å². The molecule has 0 aliphatic carbocycles. The Balaban J connectivity index is 2.19. The molecule has 0 aromatic heterocycles. The van der Waals surface area contributed by atoms with Gasteiger partial charge in [0.1, 0.15) is 18.1 Å². The average Bonchev–Trinajstić information content (AvgIpc) is 2.39. The van der Waals surface area contributed by atoms with Gasteiger partial charge in [0, 0.05) is 20.3 Å². The molecule has 0 unspecified atom stereocenters. The number of halogens is 1. The van der Waals surface area contributed by atoms with Gasteiger partial charge in [-0.15, -0.1) is 0 Å². The molecule has 0 aliphatic rings. The number of hydrogen-bond acceptors (Lipinski definition) is 4. The lowest BCUT2D eigenvalue weighted by molar-refractivity contribution is 0.0804. The van der Waals surface area contributed by atoms with Gasteiger partial charge in [-0.05, 0) is 40.5 Å². The fraction of sp³-hybridized carbons (Fsp3) is 0.538. The summed E-state index contributed by atoms with van der Waals surface area (Å²) in [6.45, 7) is 2.52.